The van der Waals surface area contributed by atoms with Crippen LogP contribution < -0.4 is 10.6 Å². The van der Waals surface area contributed by atoms with Gasteiger partial charge in [0.2, 0.25) is 11.0 Å². The highest BCUT2D eigenvalue weighted by atomic mass is 32.1. The van der Waals surface area contributed by atoms with Gasteiger partial charge in [0.1, 0.15) is 10.7 Å². The third kappa shape index (κ3) is 4.22. The van der Waals surface area contributed by atoms with Gasteiger partial charge in [0.25, 0.3) is 5.69 Å². The minimum atomic E-state index is -0.462. The van der Waals surface area contributed by atoms with Crippen LogP contribution in [-0.4, -0.2) is 27.6 Å². The first-order chi connectivity index (χ1) is 10.6. The average molecular weight is 321 g/mol. The highest BCUT2D eigenvalue weighted by Gasteiger charge is 2.12. The fourth-order valence-corrected chi connectivity index (χ4v) is 2.42. The Morgan fingerprint density at radius 1 is 1.36 bits per heavy atom. The minimum Gasteiger partial charge on any atom is -0.379 e. The SMILES string of the molecule is CCc1nnc(NC(=O)CCNc2ccccc2[N+](=O)[O-])s1. The molecule has 1 aromatic heterocycles. The van der Waals surface area contributed by atoms with E-state index in [1.165, 1.54) is 17.4 Å². The number of nitrogens with one attached hydrogen (secondary N) is 2. The highest BCUT2D eigenvalue weighted by molar-refractivity contribution is 7.15. The fraction of sp³-hybridized carbons (Fsp3) is 0.308. The van der Waals surface area contributed by atoms with Crippen LogP contribution in [0.15, 0.2) is 24.3 Å². The van der Waals surface area contributed by atoms with Gasteiger partial charge in [-0.15, -0.1) is 10.2 Å². The molecule has 8 nitrogen and oxygen atoms in total. The molecule has 0 aliphatic carbocycles. The van der Waals surface area contributed by atoms with Crippen LogP contribution in [0.2, 0.25) is 0 Å². The Labute approximate surface area is 130 Å². The van der Waals surface area contributed by atoms with Crippen molar-refractivity contribution in [2.45, 2.75) is 19.8 Å². The lowest BCUT2D eigenvalue weighted by atomic mass is 10.2. The summed E-state index contributed by atoms with van der Waals surface area (Å²) in [5.74, 6) is -0.218. The molecule has 0 saturated heterocycles. The lowest BCUT2D eigenvalue weighted by Crippen LogP contribution is -2.16. The van der Waals surface area contributed by atoms with Crippen LogP contribution in [0.1, 0.15) is 18.4 Å². The molecular weight excluding hydrogens is 306 g/mol. The third-order valence-electron chi connectivity index (χ3n) is 2.78. The van der Waals surface area contributed by atoms with E-state index >= 15 is 0 Å². The van der Waals surface area contributed by atoms with Crippen molar-refractivity contribution in [1.29, 1.82) is 0 Å². The van der Waals surface area contributed by atoms with Gasteiger partial charge in [-0.3, -0.25) is 14.9 Å². The van der Waals surface area contributed by atoms with Crippen LogP contribution in [-0.2, 0) is 11.2 Å². The number of carbonyl (C=O) groups is 1. The molecule has 0 aliphatic rings. The quantitative estimate of drug-likeness (QED) is 0.598. The number of nitro groups is 1. The van der Waals surface area contributed by atoms with Crippen molar-refractivity contribution in [1.82, 2.24) is 10.2 Å². The van der Waals surface area contributed by atoms with E-state index in [0.717, 1.165) is 11.4 Å². The van der Waals surface area contributed by atoms with E-state index in [0.29, 0.717) is 10.8 Å². The van der Waals surface area contributed by atoms with Crippen molar-refractivity contribution >= 4 is 33.8 Å². The van der Waals surface area contributed by atoms with Crippen LogP contribution in [0.4, 0.5) is 16.5 Å². The number of hydrogen-bond acceptors (Lipinski definition) is 7. The molecule has 116 valence electrons. The van der Waals surface area contributed by atoms with Crippen molar-refractivity contribution in [3.8, 4) is 0 Å². The summed E-state index contributed by atoms with van der Waals surface area (Å²) in [6, 6.07) is 6.31. The number of rotatable bonds is 7. The van der Waals surface area contributed by atoms with Gasteiger partial charge in [-0.05, 0) is 12.5 Å². The standard InChI is InChI=1S/C13H15N5O3S/c1-2-12-16-17-13(22-12)15-11(19)7-8-14-9-5-3-4-6-10(9)18(20)21/h3-6,14H,2,7-8H2,1H3,(H,15,17,19). The van der Waals surface area contributed by atoms with Crippen LogP contribution in [0.3, 0.4) is 0 Å². The van der Waals surface area contributed by atoms with E-state index < -0.39 is 4.92 Å². The highest BCUT2D eigenvalue weighted by Crippen LogP contribution is 2.23. The van der Waals surface area contributed by atoms with E-state index in [1.54, 1.807) is 18.2 Å². The van der Waals surface area contributed by atoms with Gasteiger partial charge < -0.3 is 10.6 Å². The average Bonchev–Trinajstić information content (AvgIpc) is 2.95. The number of para-hydroxylation sites is 2. The second-order valence-corrected chi connectivity index (χ2v) is 5.42. The number of benzene rings is 1. The maximum atomic E-state index is 11.8. The number of nitro benzene ring substituents is 1. The number of carbonyl (C=O) groups excluding carboxylic acids is 1. The zero-order valence-electron chi connectivity index (χ0n) is 11.9. The largest absolute Gasteiger partial charge is 0.379 e. The minimum absolute atomic E-state index is 0.0142. The van der Waals surface area contributed by atoms with Crippen LogP contribution >= 0.6 is 11.3 Å². The van der Waals surface area contributed by atoms with Gasteiger partial charge in [0, 0.05) is 19.0 Å². The van der Waals surface area contributed by atoms with Crippen molar-refractivity contribution in [3.05, 3.63) is 39.4 Å². The maximum Gasteiger partial charge on any atom is 0.292 e. The molecule has 0 saturated carbocycles. The zero-order chi connectivity index (χ0) is 15.9. The molecule has 0 radical (unpaired) electrons. The molecule has 0 atom stereocenters. The van der Waals surface area contributed by atoms with Gasteiger partial charge in [0.15, 0.2) is 0 Å². The van der Waals surface area contributed by atoms with Gasteiger partial charge >= 0.3 is 0 Å². The predicted octanol–water partition coefficient (Wildman–Crippen LogP) is 2.45. The van der Waals surface area contributed by atoms with E-state index in [9.17, 15) is 14.9 Å². The Hall–Kier alpha value is -2.55. The third-order valence-corrected chi connectivity index (χ3v) is 3.77. The van der Waals surface area contributed by atoms with E-state index in [-0.39, 0.29) is 24.6 Å². The molecule has 0 spiro atoms. The summed E-state index contributed by atoms with van der Waals surface area (Å²) in [6.45, 7) is 2.25. The monoisotopic (exact) mass is 321 g/mol. The van der Waals surface area contributed by atoms with Crippen LogP contribution in [0.5, 0.6) is 0 Å². The predicted molar refractivity (Wildman–Crippen MR) is 84.1 cm³/mol. The van der Waals surface area contributed by atoms with Gasteiger partial charge in [0.05, 0.1) is 4.92 Å². The summed E-state index contributed by atoms with van der Waals surface area (Å²) in [7, 11) is 0. The number of aromatic nitrogens is 2. The first kappa shape index (κ1) is 15.8. The molecule has 22 heavy (non-hydrogen) atoms. The first-order valence-electron chi connectivity index (χ1n) is 6.69. The topological polar surface area (TPSA) is 110 Å². The Bertz CT molecular complexity index is 673. The molecule has 0 bridgehead atoms. The maximum absolute atomic E-state index is 11.8. The number of amides is 1. The Morgan fingerprint density at radius 3 is 2.82 bits per heavy atom. The lowest BCUT2D eigenvalue weighted by molar-refractivity contribution is -0.384. The Kier molecular flexibility index (Phi) is 5.37. The second kappa shape index (κ2) is 7.46. The number of hydrogen-bond donors (Lipinski definition) is 2. The molecular formula is C13H15N5O3S. The molecule has 1 heterocycles. The van der Waals surface area contributed by atoms with Gasteiger partial charge in [-0.2, -0.15) is 0 Å². The molecule has 2 N–H and O–H groups in total. The zero-order valence-corrected chi connectivity index (χ0v) is 12.7. The molecule has 1 amide bonds. The molecule has 2 rings (SSSR count). The number of aryl methyl sites for hydroxylation is 1. The summed E-state index contributed by atoms with van der Waals surface area (Å²) < 4.78 is 0. The summed E-state index contributed by atoms with van der Waals surface area (Å²) in [5.41, 5.74) is 0.379. The number of anilines is 2. The fourth-order valence-electron chi connectivity index (χ4n) is 1.72. The Balaban J connectivity index is 1.83. The van der Waals surface area contributed by atoms with E-state index in [2.05, 4.69) is 20.8 Å². The van der Waals surface area contributed by atoms with Crippen molar-refractivity contribution in [2.24, 2.45) is 0 Å². The Morgan fingerprint density at radius 2 is 2.14 bits per heavy atom. The smallest absolute Gasteiger partial charge is 0.292 e. The summed E-state index contributed by atoms with van der Waals surface area (Å²) in [6.07, 6.45) is 0.944. The summed E-state index contributed by atoms with van der Waals surface area (Å²) in [4.78, 5) is 22.2. The normalized spacial score (nSPS) is 10.2. The van der Waals surface area contributed by atoms with E-state index in [4.69, 9.17) is 0 Å². The molecule has 0 aliphatic heterocycles. The van der Waals surface area contributed by atoms with Gasteiger partial charge in [-0.25, -0.2) is 0 Å². The number of nitrogens with zero attached hydrogens (tertiary/aromatic N) is 3. The molecule has 1 aromatic carbocycles. The molecule has 9 heteroatoms. The van der Waals surface area contributed by atoms with Crippen LogP contribution in [0, 0.1) is 10.1 Å². The van der Waals surface area contributed by atoms with Crippen molar-refractivity contribution < 1.29 is 9.72 Å². The van der Waals surface area contributed by atoms with E-state index in [1.807, 2.05) is 6.92 Å². The summed E-state index contributed by atoms with van der Waals surface area (Å²) >= 11 is 1.33. The van der Waals surface area contributed by atoms with Crippen molar-refractivity contribution in [3.63, 3.8) is 0 Å². The van der Waals surface area contributed by atoms with Gasteiger partial charge in [-0.1, -0.05) is 30.4 Å². The summed E-state index contributed by atoms with van der Waals surface area (Å²) in [5, 5.41) is 25.5. The molecule has 0 unspecified atom stereocenters. The molecule has 2 aromatic rings. The van der Waals surface area contributed by atoms with Crippen molar-refractivity contribution in [2.75, 3.05) is 17.2 Å². The lowest BCUT2D eigenvalue weighted by Gasteiger charge is -2.06. The molecule has 0 fully saturated rings. The first-order valence-corrected chi connectivity index (χ1v) is 7.51. The second-order valence-electron chi connectivity index (χ2n) is 4.35. The van der Waals surface area contributed by atoms with Crippen LogP contribution in [0.25, 0.3) is 0 Å².